The monoisotopic (exact) mass is 410 g/mol. The average molecular weight is 410 g/mol. The number of carbonyl (C=O) groups is 1. The third-order valence-electron chi connectivity index (χ3n) is 5.84. The minimum absolute atomic E-state index is 0.0861. The Kier molecular flexibility index (Phi) is 7.26. The molecule has 8 heteroatoms. The van der Waals surface area contributed by atoms with E-state index >= 15 is 0 Å². The molecule has 1 aliphatic carbocycles. The number of allylic oxidation sites excluding steroid dienone is 2. The number of hydrogen-bond donors (Lipinski definition) is 4. The molecule has 29 heavy (non-hydrogen) atoms. The summed E-state index contributed by atoms with van der Waals surface area (Å²) in [7, 11) is 0. The summed E-state index contributed by atoms with van der Waals surface area (Å²) >= 11 is 0. The molecule has 2 heterocycles. The Balaban J connectivity index is 1.72. The van der Waals surface area contributed by atoms with Crippen molar-refractivity contribution in [1.29, 1.82) is 0 Å². The van der Waals surface area contributed by atoms with Gasteiger partial charge >= 0.3 is 5.97 Å². The highest BCUT2D eigenvalue weighted by Gasteiger charge is 2.44. The summed E-state index contributed by atoms with van der Waals surface area (Å²) in [5.41, 5.74) is 2.59. The van der Waals surface area contributed by atoms with E-state index in [-0.39, 0.29) is 18.5 Å². The molecule has 0 saturated carbocycles. The molecule has 2 fully saturated rings. The average Bonchev–Trinajstić information content (AvgIpc) is 2.96. The molecule has 0 unspecified atom stereocenters. The number of ether oxygens (including phenoxy) is 3. The second kappa shape index (κ2) is 9.51. The fraction of sp³-hybridized carbons (Fsp3) is 0.667. The molecule has 7 atom stereocenters. The van der Waals surface area contributed by atoms with E-state index in [4.69, 9.17) is 14.2 Å². The molecule has 0 aromatic carbocycles. The predicted octanol–water partition coefficient (Wildman–Crippen LogP) is 0.347. The first-order valence-corrected chi connectivity index (χ1v) is 9.99. The van der Waals surface area contributed by atoms with Gasteiger partial charge in [-0.15, -0.1) is 0 Å². The minimum Gasteiger partial charge on any atom is -0.454 e. The number of aliphatic hydroxyl groups is 4. The molecular weight excluding hydrogens is 380 g/mol. The van der Waals surface area contributed by atoms with Crippen LogP contribution in [0.3, 0.4) is 0 Å². The number of aliphatic hydroxyl groups excluding tert-OH is 4. The van der Waals surface area contributed by atoms with Crippen molar-refractivity contribution >= 4 is 5.97 Å². The standard InChI is InChI=1S/C21H30O8/c1-11-4-3-5-13(8-15-14(7-6-11)12(2)20(26)28-15)10-27-21-19(25)18(24)17(23)16(9-22)29-21/h4,8,14-19,21-25H,2-3,5-7,9-10H2,1H3/b11-4-,13-8+/t14-,15+,16+,17+,18+,19-,21+/m0/s1. The van der Waals surface area contributed by atoms with Gasteiger partial charge in [-0.25, -0.2) is 4.79 Å². The van der Waals surface area contributed by atoms with E-state index in [1.165, 1.54) is 5.57 Å². The van der Waals surface area contributed by atoms with Gasteiger partial charge in [-0.3, -0.25) is 0 Å². The molecule has 0 aromatic rings. The lowest BCUT2D eigenvalue weighted by Crippen LogP contribution is -2.59. The topological polar surface area (TPSA) is 126 Å². The van der Waals surface area contributed by atoms with E-state index in [1.54, 1.807) is 0 Å². The van der Waals surface area contributed by atoms with Crippen molar-refractivity contribution < 1.29 is 39.4 Å². The highest BCUT2D eigenvalue weighted by molar-refractivity contribution is 5.91. The Bertz CT molecular complexity index is 682. The molecule has 3 rings (SSSR count). The molecule has 4 N–H and O–H groups in total. The lowest BCUT2D eigenvalue weighted by Gasteiger charge is -2.39. The smallest absolute Gasteiger partial charge is 0.334 e. The molecule has 8 nitrogen and oxygen atoms in total. The van der Waals surface area contributed by atoms with Crippen LogP contribution in [0.5, 0.6) is 0 Å². The second-order valence-electron chi connectivity index (χ2n) is 7.96. The van der Waals surface area contributed by atoms with Crippen molar-refractivity contribution in [2.24, 2.45) is 5.92 Å². The number of fused-ring (bicyclic) bond motifs is 1. The first-order chi connectivity index (χ1) is 13.8. The maximum atomic E-state index is 12.0. The van der Waals surface area contributed by atoms with Crippen LogP contribution in [-0.4, -0.2) is 76.4 Å². The van der Waals surface area contributed by atoms with Gasteiger partial charge in [0.2, 0.25) is 0 Å². The van der Waals surface area contributed by atoms with Crippen molar-refractivity contribution in [1.82, 2.24) is 0 Å². The van der Waals surface area contributed by atoms with E-state index < -0.39 is 43.4 Å². The van der Waals surface area contributed by atoms with E-state index in [2.05, 4.69) is 19.6 Å². The van der Waals surface area contributed by atoms with Gasteiger partial charge in [0.25, 0.3) is 0 Å². The summed E-state index contributed by atoms with van der Waals surface area (Å²) in [6, 6.07) is 0. The van der Waals surface area contributed by atoms with Gasteiger partial charge in [-0.1, -0.05) is 18.2 Å². The van der Waals surface area contributed by atoms with Crippen molar-refractivity contribution in [3.8, 4) is 0 Å². The first-order valence-electron chi connectivity index (χ1n) is 9.99. The SMILES string of the molecule is C=C1C(=O)O[C@@H]2/C=C(/CO[C@@H]3O[C@H](CO)[C@@H](O)[C@@H](O)[C@@H]3O)CC/C=C(/C)CC[C@@H]12. The maximum Gasteiger partial charge on any atom is 0.334 e. The normalized spacial score (nSPS) is 42.3. The Morgan fingerprint density at radius 2 is 1.97 bits per heavy atom. The van der Waals surface area contributed by atoms with Crippen LogP contribution >= 0.6 is 0 Å². The van der Waals surface area contributed by atoms with E-state index in [1.807, 2.05) is 6.08 Å². The zero-order valence-electron chi connectivity index (χ0n) is 16.6. The Hall–Kier alpha value is -1.55. The van der Waals surface area contributed by atoms with Crippen LogP contribution < -0.4 is 0 Å². The lowest BCUT2D eigenvalue weighted by molar-refractivity contribution is -0.299. The molecule has 0 spiro atoms. The number of esters is 1. The van der Waals surface area contributed by atoms with Crippen LogP contribution in [0, 0.1) is 5.92 Å². The van der Waals surface area contributed by atoms with Gasteiger partial charge in [0, 0.05) is 11.5 Å². The fourth-order valence-corrected chi connectivity index (χ4v) is 3.94. The predicted molar refractivity (Wildman–Crippen MR) is 103 cm³/mol. The maximum absolute atomic E-state index is 12.0. The first kappa shape index (κ1) is 22.1. The Labute approximate surface area is 170 Å². The van der Waals surface area contributed by atoms with Gasteiger partial charge in [0.15, 0.2) is 6.29 Å². The van der Waals surface area contributed by atoms with Crippen molar-refractivity contribution in [3.05, 3.63) is 35.5 Å². The van der Waals surface area contributed by atoms with Crippen LogP contribution in [0.15, 0.2) is 35.5 Å². The van der Waals surface area contributed by atoms with Gasteiger partial charge in [0.1, 0.15) is 30.5 Å². The Morgan fingerprint density at radius 1 is 1.21 bits per heavy atom. The third kappa shape index (κ3) is 4.96. The van der Waals surface area contributed by atoms with Crippen LogP contribution in [-0.2, 0) is 19.0 Å². The van der Waals surface area contributed by atoms with E-state index in [0.29, 0.717) is 12.0 Å². The van der Waals surface area contributed by atoms with Crippen molar-refractivity contribution in [2.45, 2.75) is 69.4 Å². The number of hydrogen-bond acceptors (Lipinski definition) is 8. The number of carbonyl (C=O) groups excluding carboxylic acids is 1. The second-order valence-corrected chi connectivity index (χ2v) is 7.96. The van der Waals surface area contributed by atoms with E-state index in [0.717, 1.165) is 24.8 Å². The quantitative estimate of drug-likeness (QED) is 0.297. The summed E-state index contributed by atoms with van der Waals surface area (Å²) in [6.07, 6.45) is 0.142. The van der Waals surface area contributed by atoms with Gasteiger partial charge in [-0.2, -0.15) is 0 Å². The molecule has 2 saturated heterocycles. The van der Waals surface area contributed by atoms with Gasteiger partial charge in [0.05, 0.1) is 13.2 Å². The van der Waals surface area contributed by atoms with Gasteiger partial charge < -0.3 is 34.6 Å². The Morgan fingerprint density at radius 3 is 2.69 bits per heavy atom. The van der Waals surface area contributed by atoms with Crippen molar-refractivity contribution in [2.75, 3.05) is 13.2 Å². The molecule has 0 radical (unpaired) electrons. The summed E-state index contributed by atoms with van der Waals surface area (Å²) < 4.78 is 16.5. The minimum atomic E-state index is -1.49. The zero-order valence-corrected chi connectivity index (χ0v) is 16.6. The highest BCUT2D eigenvalue weighted by atomic mass is 16.7. The zero-order chi connectivity index (χ0) is 21.1. The fourth-order valence-electron chi connectivity index (χ4n) is 3.94. The van der Waals surface area contributed by atoms with Crippen LogP contribution in [0.4, 0.5) is 0 Å². The van der Waals surface area contributed by atoms with Gasteiger partial charge in [-0.05, 0) is 44.3 Å². The molecule has 2 aliphatic heterocycles. The lowest BCUT2D eigenvalue weighted by atomic mass is 9.88. The highest BCUT2D eigenvalue weighted by Crippen LogP contribution is 2.34. The summed E-state index contributed by atoms with van der Waals surface area (Å²) in [6.45, 7) is 5.51. The largest absolute Gasteiger partial charge is 0.454 e. The molecule has 0 amide bonds. The third-order valence-corrected chi connectivity index (χ3v) is 5.84. The van der Waals surface area contributed by atoms with Crippen LogP contribution in [0.25, 0.3) is 0 Å². The molecule has 3 aliphatic rings. The molecular formula is C21H30O8. The van der Waals surface area contributed by atoms with Crippen LogP contribution in [0.1, 0.15) is 32.6 Å². The molecule has 162 valence electrons. The molecule has 0 aromatic heterocycles. The summed E-state index contributed by atoms with van der Waals surface area (Å²) in [5.74, 6) is -0.474. The van der Waals surface area contributed by atoms with E-state index in [9.17, 15) is 25.2 Å². The summed E-state index contributed by atoms with van der Waals surface area (Å²) in [4.78, 5) is 12.0. The van der Waals surface area contributed by atoms with Crippen LogP contribution in [0.2, 0.25) is 0 Å². The summed E-state index contributed by atoms with van der Waals surface area (Å²) in [5, 5.41) is 39.2. The number of rotatable bonds is 4. The molecule has 0 bridgehead atoms. The van der Waals surface area contributed by atoms with Crippen molar-refractivity contribution in [3.63, 3.8) is 0 Å².